The van der Waals surface area contributed by atoms with Crippen molar-refractivity contribution in [1.29, 1.82) is 0 Å². The molecule has 1 unspecified atom stereocenters. The van der Waals surface area contributed by atoms with Gasteiger partial charge in [0.15, 0.2) is 0 Å². The smallest absolute Gasteiger partial charge is 0.253 e. The van der Waals surface area contributed by atoms with Gasteiger partial charge in [-0.3, -0.25) is 4.79 Å². The van der Waals surface area contributed by atoms with Crippen LogP contribution < -0.4 is 9.46 Å². The van der Waals surface area contributed by atoms with E-state index in [0.29, 0.717) is 19.7 Å². The van der Waals surface area contributed by atoms with E-state index in [1.54, 1.807) is 4.90 Å². The molecule has 2 aromatic rings. The minimum atomic E-state index is -4.08. The van der Waals surface area contributed by atoms with Gasteiger partial charge in [-0.15, -0.1) is 6.58 Å². The first-order chi connectivity index (χ1) is 14.4. The molecule has 1 fully saturated rings. The highest BCUT2D eigenvalue weighted by molar-refractivity contribution is 7.89. The fourth-order valence-electron chi connectivity index (χ4n) is 3.39. The average molecular weight is 433 g/mol. The molecule has 0 spiro atoms. The summed E-state index contributed by atoms with van der Waals surface area (Å²) in [6, 6.07) is 12.9. The van der Waals surface area contributed by atoms with Crippen molar-refractivity contribution in [1.82, 2.24) is 9.62 Å². The molecular formula is C22H25FN2O4S. The highest BCUT2D eigenvalue weighted by Crippen LogP contribution is 2.22. The fraction of sp³-hybridized carbons (Fsp3) is 0.318. The summed E-state index contributed by atoms with van der Waals surface area (Å²) in [4.78, 5) is 14.1. The predicted molar refractivity (Wildman–Crippen MR) is 112 cm³/mol. The van der Waals surface area contributed by atoms with Gasteiger partial charge in [-0.2, -0.15) is 0 Å². The third-order valence-corrected chi connectivity index (χ3v) is 6.36. The van der Waals surface area contributed by atoms with E-state index < -0.39 is 20.7 Å². The van der Waals surface area contributed by atoms with Crippen molar-refractivity contribution in [3.8, 4) is 5.75 Å². The zero-order chi connectivity index (χ0) is 21.6. The number of rotatable bonds is 8. The number of hydrogen-bond acceptors (Lipinski definition) is 4. The summed E-state index contributed by atoms with van der Waals surface area (Å²) in [6.45, 7) is 4.96. The highest BCUT2D eigenvalue weighted by atomic mass is 32.2. The second kappa shape index (κ2) is 9.86. The maximum Gasteiger partial charge on any atom is 0.253 e. The molecule has 30 heavy (non-hydrogen) atoms. The second-order valence-corrected chi connectivity index (χ2v) is 8.90. The van der Waals surface area contributed by atoms with Crippen LogP contribution in [0.15, 0.2) is 66.1 Å². The third kappa shape index (κ3) is 5.46. The number of para-hydroxylation sites is 1. The first kappa shape index (κ1) is 22.0. The number of nitrogens with one attached hydrogen (secondary N) is 1. The minimum Gasteiger partial charge on any atom is -0.493 e. The van der Waals surface area contributed by atoms with Crippen molar-refractivity contribution >= 4 is 15.9 Å². The average Bonchev–Trinajstić information content (AvgIpc) is 2.77. The van der Waals surface area contributed by atoms with Crippen molar-refractivity contribution < 1.29 is 22.3 Å². The molecule has 0 aromatic heterocycles. The third-order valence-electron chi connectivity index (χ3n) is 4.92. The first-order valence-corrected chi connectivity index (χ1v) is 11.3. The number of ether oxygens (including phenoxy) is 1. The quantitative estimate of drug-likeness (QED) is 0.650. The van der Waals surface area contributed by atoms with Gasteiger partial charge in [-0.25, -0.2) is 17.5 Å². The van der Waals surface area contributed by atoms with Crippen LogP contribution in [0.1, 0.15) is 23.2 Å². The van der Waals surface area contributed by atoms with Crippen molar-refractivity contribution in [2.45, 2.75) is 17.7 Å². The molecular weight excluding hydrogens is 407 g/mol. The molecule has 0 saturated carbocycles. The number of nitrogens with zero attached hydrogens (tertiary/aromatic N) is 1. The molecule has 160 valence electrons. The number of sulfonamides is 1. The Balaban J connectivity index is 1.69. The number of hydrogen-bond donors (Lipinski definition) is 1. The van der Waals surface area contributed by atoms with Crippen LogP contribution in [0.3, 0.4) is 0 Å². The Kier molecular flexibility index (Phi) is 7.23. The van der Waals surface area contributed by atoms with Gasteiger partial charge in [-0.1, -0.05) is 24.3 Å². The SMILES string of the molecule is C=CCNS(=O)(=O)c1cc(C(=O)N2CCCC(COc3ccccc3)C2)ccc1F. The van der Waals surface area contributed by atoms with Crippen LogP contribution in [0.4, 0.5) is 4.39 Å². The first-order valence-electron chi connectivity index (χ1n) is 9.78. The van der Waals surface area contributed by atoms with Gasteiger partial charge in [0.05, 0.1) is 6.61 Å². The number of piperidine rings is 1. The second-order valence-electron chi connectivity index (χ2n) is 7.17. The minimum absolute atomic E-state index is 0.0326. The normalized spacial score (nSPS) is 16.8. The number of likely N-dealkylation sites (tertiary alicyclic amines) is 1. The summed E-state index contributed by atoms with van der Waals surface area (Å²) in [6.07, 6.45) is 3.11. The van der Waals surface area contributed by atoms with Crippen LogP contribution in [0.5, 0.6) is 5.75 Å². The summed E-state index contributed by atoms with van der Waals surface area (Å²) in [5.41, 5.74) is 0.139. The molecule has 1 heterocycles. The van der Waals surface area contributed by atoms with Gasteiger partial charge in [0.25, 0.3) is 5.91 Å². The lowest BCUT2D eigenvalue weighted by molar-refractivity contribution is 0.0633. The Hall–Kier alpha value is -2.71. The number of benzene rings is 2. The van der Waals surface area contributed by atoms with E-state index in [9.17, 15) is 17.6 Å². The van der Waals surface area contributed by atoms with Crippen LogP contribution >= 0.6 is 0 Å². The molecule has 1 aliphatic heterocycles. The number of carbonyl (C=O) groups excluding carboxylic acids is 1. The lowest BCUT2D eigenvalue weighted by atomic mass is 9.98. The molecule has 1 atom stereocenters. The molecule has 0 bridgehead atoms. The van der Waals surface area contributed by atoms with E-state index in [4.69, 9.17) is 4.74 Å². The van der Waals surface area contributed by atoms with Crippen molar-refractivity contribution in [2.24, 2.45) is 5.92 Å². The molecule has 0 aliphatic carbocycles. The number of amides is 1. The zero-order valence-corrected chi connectivity index (χ0v) is 17.4. The zero-order valence-electron chi connectivity index (χ0n) is 16.6. The predicted octanol–water partition coefficient (Wildman–Crippen LogP) is 3.22. The molecule has 8 heteroatoms. The molecule has 6 nitrogen and oxygen atoms in total. The number of carbonyl (C=O) groups is 1. The van der Waals surface area contributed by atoms with Crippen molar-refractivity contribution in [3.63, 3.8) is 0 Å². The van der Waals surface area contributed by atoms with Gasteiger partial charge in [0.1, 0.15) is 16.5 Å². The van der Waals surface area contributed by atoms with Crippen LogP contribution in [-0.4, -0.2) is 45.5 Å². The summed E-state index contributed by atoms with van der Waals surface area (Å²) in [7, 11) is -4.08. The Bertz CT molecular complexity index is 995. The van der Waals surface area contributed by atoms with Gasteiger partial charge >= 0.3 is 0 Å². The van der Waals surface area contributed by atoms with Crippen molar-refractivity contribution in [2.75, 3.05) is 26.2 Å². The maximum atomic E-state index is 14.1. The molecule has 1 saturated heterocycles. The topological polar surface area (TPSA) is 75.7 Å². The molecule has 2 aromatic carbocycles. The Morgan fingerprint density at radius 2 is 2.03 bits per heavy atom. The van der Waals surface area contributed by atoms with Crippen LogP contribution in [-0.2, 0) is 10.0 Å². The van der Waals surface area contributed by atoms with Crippen LogP contribution in [0.25, 0.3) is 0 Å². The summed E-state index contributed by atoms with van der Waals surface area (Å²) in [5.74, 6) is -0.280. The maximum absolute atomic E-state index is 14.1. The standard InChI is InChI=1S/C22H25FN2O4S/c1-2-12-24-30(27,28)21-14-18(10-11-20(21)23)22(26)25-13-6-7-17(15-25)16-29-19-8-4-3-5-9-19/h2-5,8-11,14,17,24H,1,6-7,12-13,15-16H2. The van der Waals surface area contributed by atoms with E-state index in [0.717, 1.165) is 30.7 Å². The lowest BCUT2D eigenvalue weighted by Gasteiger charge is -2.32. The largest absolute Gasteiger partial charge is 0.493 e. The van der Waals surface area contributed by atoms with Crippen LogP contribution in [0.2, 0.25) is 0 Å². The van der Waals surface area contributed by atoms with Gasteiger partial charge < -0.3 is 9.64 Å². The van der Waals surface area contributed by atoms with Gasteiger partial charge in [-0.05, 0) is 43.2 Å². The Morgan fingerprint density at radius 3 is 2.77 bits per heavy atom. The number of halogens is 1. The van der Waals surface area contributed by atoms with Gasteiger partial charge in [0.2, 0.25) is 10.0 Å². The van der Waals surface area contributed by atoms with E-state index in [1.165, 1.54) is 12.1 Å². The van der Waals surface area contributed by atoms with E-state index >= 15 is 0 Å². The van der Waals surface area contributed by atoms with E-state index in [1.807, 2.05) is 30.3 Å². The molecule has 1 aliphatic rings. The molecule has 0 radical (unpaired) electrons. The molecule has 3 rings (SSSR count). The monoisotopic (exact) mass is 432 g/mol. The fourth-order valence-corrected chi connectivity index (χ4v) is 4.49. The molecule has 1 N–H and O–H groups in total. The van der Waals surface area contributed by atoms with E-state index in [2.05, 4.69) is 11.3 Å². The summed E-state index contributed by atoms with van der Waals surface area (Å²) < 4.78 is 46.8. The van der Waals surface area contributed by atoms with Crippen molar-refractivity contribution in [3.05, 3.63) is 72.6 Å². The molecule has 1 amide bonds. The van der Waals surface area contributed by atoms with Gasteiger partial charge in [0, 0.05) is 31.1 Å². The summed E-state index contributed by atoms with van der Waals surface area (Å²) >= 11 is 0. The highest BCUT2D eigenvalue weighted by Gasteiger charge is 2.27. The Morgan fingerprint density at radius 1 is 1.27 bits per heavy atom. The lowest BCUT2D eigenvalue weighted by Crippen LogP contribution is -2.41. The Labute approximate surface area is 176 Å². The van der Waals surface area contributed by atoms with Crippen LogP contribution in [0, 0.1) is 11.7 Å². The summed E-state index contributed by atoms with van der Waals surface area (Å²) in [5, 5.41) is 0. The van der Waals surface area contributed by atoms with E-state index in [-0.39, 0.29) is 23.9 Å².